The van der Waals surface area contributed by atoms with Crippen molar-refractivity contribution in [3.8, 4) is 0 Å². The first-order valence-electron chi connectivity index (χ1n) is 10.7. The summed E-state index contributed by atoms with van der Waals surface area (Å²) in [5, 5.41) is 11.7. The van der Waals surface area contributed by atoms with Crippen molar-refractivity contribution in [2.75, 3.05) is 13.1 Å². The number of amidine groups is 1. The largest absolute Gasteiger partial charge is 0.481 e. The number of aliphatic carboxylic acids is 1. The van der Waals surface area contributed by atoms with E-state index in [2.05, 4.69) is 33.0 Å². The SMILES string of the molecule is CCCCC(CC)C1C(=NCCCCCC(=O)O)NC(=O)N1CCC(C)C. The van der Waals surface area contributed by atoms with Gasteiger partial charge < -0.3 is 10.0 Å². The zero-order valence-electron chi connectivity index (χ0n) is 17.7. The molecule has 0 spiro atoms. The van der Waals surface area contributed by atoms with Crippen LogP contribution in [0, 0.1) is 11.8 Å². The second-order valence-corrected chi connectivity index (χ2v) is 8.03. The lowest BCUT2D eigenvalue weighted by Crippen LogP contribution is -2.41. The summed E-state index contributed by atoms with van der Waals surface area (Å²) in [6.45, 7) is 10.2. The van der Waals surface area contributed by atoms with Gasteiger partial charge in [0.2, 0.25) is 0 Å². The second-order valence-electron chi connectivity index (χ2n) is 8.03. The molecule has 1 heterocycles. The molecule has 0 aliphatic carbocycles. The maximum Gasteiger partial charge on any atom is 0.323 e. The quantitative estimate of drug-likeness (QED) is 0.428. The highest BCUT2D eigenvalue weighted by atomic mass is 16.4. The fourth-order valence-electron chi connectivity index (χ4n) is 3.59. The standard InChI is InChI=1S/C21H39N3O3/c1-5-7-11-17(6-2)19-20(22-14-10-8-9-12-18(25)26)23-21(27)24(19)15-13-16(3)4/h16-17,19H,5-15H2,1-4H3,(H,25,26)(H,22,23,27). The molecule has 0 aromatic carbocycles. The van der Waals surface area contributed by atoms with Gasteiger partial charge in [0.15, 0.2) is 0 Å². The molecule has 1 aliphatic heterocycles. The zero-order chi connectivity index (χ0) is 20.2. The minimum atomic E-state index is -0.744. The van der Waals surface area contributed by atoms with E-state index in [9.17, 15) is 9.59 Å². The maximum absolute atomic E-state index is 12.6. The lowest BCUT2D eigenvalue weighted by molar-refractivity contribution is -0.137. The van der Waals surface area contributed by atoms with Gasteiger partial charge in [-0.3, -0.25) is 15.1 Å². The number of carbonyl (C=O) groups is 2. The lowest BCUT2D eigenvalue weighted by atomic mass is 9.90. The first-order chi connectivity index (χ1) is 12.9. The Morgan fingerprint density at radius 3 is 2.52 bits per heavy atom. The fraction of sp³-hybridized carbons (Fsp3) is 0.857. The van der Waals surface area contributed by atoms with E-state index in [1.807, 2.05) is 4.90 Å². The Labute approximate surface area is 164 Å². The van der Waals surface area contributed by atoms with Gasteiger partial charge in [0.25, 0.3) is 0 Å². The molecule has 0 bridgehead atoms. The van der Waals surface area contributed by atoms with Gasteiger partial charge in [-0.15, -0.1) is 0 Å². The van der Waals surface area contributed by atoms with Crippen molar-refractivity contribution >= 4 is 17.8 Å². The third-order valence-corrected chi connectivity index (χ3v) is 5.29. The average molecular weight is 382 g/mol. The number of nitrogens with one attached hydrogen (secondary N) is 1. The summed E-state index contributed by atoms with van der Waals surface area (Å²) in [5.74, 6) is 1.07. The van der Waals surface area contributed by atoms with Crippen LogP contribution in [-0.4, -0.2) is 47.0 Å². The van der Waals surface area contributed by atoms with Crippen LogP contribution in [0.15, 0.2) is 4.99 Å². The van der Waals surface area contributed by atoms with Crippen LogP contribution in [0.5, 0.6) is 0 Å². The normalized spacial score (nSPS) is 19.7. The Balaban J connectivity index is 2.77. The first-order valence-corrected chi connectivity index (χ1v) is 10.7. The summed E-state index contributed by atoms with van der Waals surface area (Å²) in [7, 11) is 0. The van der Waals surface area contributed by atoms with E-state index < -0.39 is 5.97 Å². The van der Waals surface area contributed by atoms with Crippen molar-refractivity contribution in [3.63, 3.8) is 0 Å². The molecule has 1 saturated heterocycles. The highest BCUT2D eigenvalue weighted by molar-refractivity contribution is 6.07. The van der Waals surface area contributed by atoms with Gasteiger partial charge in [0.1, 0.15) is 5.84 Å². The van der Waals surface area contributed by atoms with E-state index in [0.717, 1.165) is 50.9 Å². The molecule has 6 heteroatoms. The average Bonchev–Trinajstić information content (AvgIpc) is 2.92. The Kier molecular flexibility index (Phi) is 11.1. The Hall–Kier alpha value is -1.59. The highest BCUT2D eigenvalue weighted by Gasteiger charge is 2.40. The number of amides is 2. The molecule has 0 aromatic heterocycles. The molecule has 2 N–H and O–H groups in total. The van der Waals surface area contributed by atoms with Crippen LogP contribution in [0.3, 0.4) is 0 Å². The highest BCUT2D eigenvalue weighted by Crippen LogP contribution is 2.26. The van der Waals surface area contributed by atoms with Gasteiger partial charge in [0, 0.05) is 19.5 Å². The summed E-state index contributed by atoms with van der Waals surface area (Å²) in [5.41, 5.74) is 0. The number of hydrogen-bond acceptors (Lipinski definition) is 3. The van der Waals surface area contributed by atoms with E-state index >= 15 is 0 Å². The predicted octanol–water partition coefficient (Wildman–Crippen LogP) is 4.69. The summed E-state index contributed by atoms with van der Waals surface area (Å²) in [4.78, 5) is 29.9. The van der Waals surface area contributed by atoms with Crippen LogP contribution in [0.2, 0.25) is 0 Å². The minimum absolute atomic E-state index is 0.0137. The van der Waals surface area contributed by atoms with Crippen LogP contribution in [0.25, 0.3) is 0 Å². The van der Waals surface area contributed by atoms with Crippen LogP contribution in [0.4, 0.5) is 4.79 Å². The maximum atomic E-state index is 12.6. The number of hydrogen-bond donors (Lipinski definition) is 2. The number of aliphatic imine (C=N–C) groups is 1. The summed E-state index contributed by atoms with van der Waals surface area (Å²) in [6.07, 6.45) is 8.09. The number of rotatable bonds is 14. The van der Waals surface area contributed by atoms with E-state index in [1.54, 1.807) is 0 Å². The molecule has 27 heavy (non-hydrogen) atoms. The molecule has 2 atom stereocenters. The summed E-state index contributed by atoms with van der Waals surface area (Å²) < 4.78 is 0. The molecule has 1 aliphatic rings. The van der Waals surface area contributed by atoms with E-state index in [1.165, 1.54) is 6.42 Å². The molecule has 0 radical (unpaired) electrons. The van der Waals surface area contributed by atoms with Crippen molar-refractivity contribution in [3.05, 3.63) is 0 Å². The molecule has 156 valence electrons. The second kappa shape index (κ2) is 12.7. The Morgan fingerprint density at radius 2 is 1.93 bits per heavy atom. The van der Waals surface area contributed by atoms with Crippen molar-refractivity contribution in [1.82, 2.24) is 10.2 Å². The van der Waals surface area contributed by atoms with E-state index in [-0.39, 0.29) is 18.5 Å². The van der Waals surface area contributed by atoms with Crippen LogP contribution in [0.1, 0.15) is 85.5 Å². The van der Waals surface area contributed by atoms with E-state index in [4.69, 9.17) is 10.1 Å². The van der Waals surface area contributed by atoms with Crippen molar-refractivity contribution in [1.29, 1.82) is 0 Å². The number of unbranched alkanes of at least 4 members (excludes halogenated alkanes) is 3. The van der Waals surface area contributed by atoms with Gasteiger partial charge in [-0.2, -0.15) is 0 Å². The molecule has 1 rings (SSSR count). The third kappa shape index (κ3) is 8.31. The van der Waals surface area contributed by atoms with Crippen LogP contribution >= 0.6 is 0 Å². The molecule has 2 unspecified atom stereocenters. The zero-order valence-corrected chi connectivity index (χ0v) is 17.7. The lowest BCUT2D eigenvalue weighted by Gasteiger charge is -2.30. The van der Waals surface area contributed by atoms with E-state index in [0.29, 0.717) is 24.8 Å². The molecule has 1 fully saturated rings. The number of carboxylic acids is 1. The topological polar surface area (TPSA) is 82.0 Å². The summed E-state index contributed by atoms with van der Waals surface area (Å²) in [6, 6.07) is 0.0482. The Morgan fingerprint density at radius 1 is 1.19 bits per heavy atom. The molecule has 2 amide bonds. The molecule has 6 nitrogen and oxygen atoms in total. The smallest absolute Gasteiger partial charge is 0.323 e. The van der Waals surface area contributed by atoms with Crippen molar-refractivity contribution < 1.29 is 14.7 Å². The molecular weight excluding hydrogens is 342 g/mol. The van der Waals surface area contributed by atoms with Crippen molar-refractivity contribution in [2.24, 2.45) is 16.8 Å². The van der Waals surface area contributed by atoms with Crippen LogP contribution < -0.4 is 5.32 Å². The fourth-order valence-corrected chi connectivity index (χ4v) is 3.59. The van der Waals surface area contributed by atoms with Crippen molar-refractivity contribution in [2.45, 2.75) is 91.5 Å². The predicted molar refractivity (Wildman–Crippen MR) is 110 cm³/mol. The molecule has 0 saturated carbocycles. The van der Waals surface area contributed by atoms with Gasteiger partial charge in [-0.05, 0) is 37.5 Å². The number of urea groups is 1. The van der Waals surface area contributed by atoms with Gasteiger partial charge >= 0.3 is 12.0 Å². The third-order valence-electron chi connectivity index (χ3n) is 5.29. The molecule has 0 aromatic rings. The number of nitrogens with zero attached hydrogens (tertiary/aromatic N) is 2. The van der Waals surface area contributed by atoms with Gasteiger partial charge in [0.05, 0.1) is 6.04 Å². The number of carbonyl (C=O) groups excluding carboxylic acids is 1. The monoisotopic (exact) mass is 381 g/mol. The Bertz CT molecular complexity index is 491. The first kappa shape index (κ1) is 23.4. The van der Waals surface area contributed by atoms with Gasteiger partial charge in [-0.25, -0.2) is 4.79 Å². The van der Waals surface area contributed by atoms with Gasteiger partial charge in [-0.1, -0.05) is 53.4 Å². The number of carboxylic acid groups (broad SMARTS) is 1. The minimum Gasteiger partial charge on any atom is -0.481 e. The molecular formula is C21H39N3O3. The van der Waals surface area contributed by atoms with Crippen LogP contribution in [-0.2, 0) is 4.79 Å². The summed E-state index contributed by atoms with van der Waals surface area (Å²) >= 11 is 0.